The van der Waals surface area contributed by atoms with Crippen molar-refractivity contribution in [2.75, 3.05) is 57.8 Å². The van der Waals surface area contributed by atoms with E-state index in [4.69, 9.17) is 21.1 Å². The van der Waals surface area contributed by atoms with E-state index in [-0.39, 0.29) is 52.5 Å². The van der Waals surface area contributed by atoms with Crippen LogP contribution in [0.1, 0.15) is 73.9 Å². The molecule has 4 aliphatic rings. The summed E-state index contributed by atoms with van der Waals surface area (Å²) in [6, 6.07) is 18.0. The molecule has 1 amide bonds. The van der Waals surface area contributed by atoms with Gasteiger partial charge in [-0.3, -0.25) is 29.4 Å². The van der Waals surface area contributed by atoms with Crippen LogP contribution in [0.25, 0.3) is 22.2 Å². The highest BCUT2D eigenvalue weighted by atomic mass is 35.5. The minimum Gasteiger partial charge on any atom is -0.455 e. The molecule has 5 heterocycles. The van der Waals surface area contributed by atoms with Crippen molar-refractivity contribution in [2.24, 2.45) is 5.41 Å². The lowest BCUT2D eigenvalue weighted by molar-refractivity contribution is -0.384. The summed E-state index contributed by atoms with van der Waals surface area (Å²) in [5.41, 5.74) is 3.76. The van der Waals surface area contributed by atoms with E-state index in [2.05, 4.69) is 49.7 Å². The number of hydrogen-bond acceptors (Lipinski definition) is 10. The summed E-state index contributed by atoms with van der Waals surface area (Å²) < 4.78 is 58.9. The number of alkyl halides is 1. The van der Waals surface area contributed by atoms with E-state index in [0.717, 1.165) is 54.0 Å². The number of hydrogen-bond donors (Lipinski definition) is 3. The fourth-order valence-electron chi connectivity index (χ4n) is 9.29. The number of carbonyl (C=O) groups is 1. The van der Waals surface area contributed by atoms with Crippen LogP contribution < -0.4 is 14.8 Å². The molecule has 2 aromatic heterocycles. The molecule has 0 spiro atoms. The number of nitrogens with zero attached hydrogens (tertiary/aromatic N) is 4. The number of piperidine rings is 1. The predicted molar refractivity (Wildman–Crippen MR) is 252 cm³/mol. The van der Waals surface area contributed by atoms with Gasteiger partial charge in [0.25, 0.3) is 11.6 Å². The maximum atomic E-state index is 15.8. The van der Waals surface area contributed by atoms with Gasteiger partial charge in [-0.25, -0.2) is 18.0 Å². The molecular weight excluding hydrogens is 888 g/mol. The van der Waals surface area contributed by atoms with E-state index >= 15 is 8.78 Å². The van der Waals surface area contributed by atoms with Gasteiger partial charge < -0.3 is 19.8 Å². The second-order valence-corrected chi connectivity index (χ2v) is 20.2. The number of ether oxygens (including phenoxy) is 2. The fourth-order valence-corrected chi connectivity index (χ4v) is 10.3. The second kappa shape index (κ2) is 19.0. The Morgan fingerprint density at radius 3 is 2.61 bits per heavy atom. The summed E-state index contributed by atoms with van der Waals surface area (Å²) in [6.45, 7) is 8.92. The molecule has 5 aromatic rings. The molecule has 0 bridgehead atoms. The highest BCUT2D eigenvalue weighted by Crippen LogP contribution is 2.44. The van der Waals surface area contributed by atoms with Gasteiger partial charge in [0, 0.05) is 67.5 Å². The van der Waals surface area contributed by atoms with Crippen molar-refractivity contribution < 1.29 is 32.2 Å². The summed E-state index contributed by atoms with van der Waals surface area (Å²) in [5, 5.41) is 16.3. The zero-order valence-electron chi connectivity index (χ0n) is 36.8. The van der Waals surface area contributed by atoms with Crippen LogP contribution in [0.4, 0.5) is 20.2 Å². The first-order chi connectivity index (χ1) is 31.7. The Bertz CT molecular complexity index is 2770. The van der Waals surface area contributed by atoms with Crippen molar-refractivity contribution in [1.29, 1.82) is 0 Å². The molecule has 3 N–H and O–H groups in total. The fraction of sp³-hybridized carbons (Fsp3) is 0.388. The molecule has 13 nitrogen and oxygen atoms in total. The van der Waals surface area contributed by atoms with Crippen molar-refractivity contribution in [3.63, 3.8) is 0 Å². The molecule has 1 aliphatic carbocycles. The number of halogens is 3. The van der Waals surface area contributed by atoms with Gasteiger partial charge >= 0.3 is 0 Å². The number of anilines is 1. The van der Waals surface area contributed by atoms with Crippen molar-refractivity contribution in [2.45, 2.75) is 69.0 Å². The molecule has 346 valence electrons. The smallest absolute Gasteiger partial charge is 0.293 e. The molecule has 3 aliphatic heterocycles. The van der Waals surface area contributed by atoms with Crippen molar-refractivity contribution >= 4 is 62.0 Å². The summed E-state index contributed by atoms with van der Waals surface area (Å²) in [6.07, 6.45) is 9.42. The number of nitro benzene ring substituents is 1. The summed E-state index contributed by atoms with van der Waals surface area (Å²) >= 11 is 6.11. The number of aromatic amines is 1. The molecule has 9 rings (SSSR count). The zero-order chi connectivity index (χ0) is 46.2. The Morgan fingerprint density at radius 2 is 1.88 bits per heavy atom. The van der Waals surface area contributed by atoms with Gasteiger partial charge in [0.05, 0.1) is 40.8 Å². The minimum absolute atomic E-state index is 0.0113. The van der Waals surface area contributed by atoms with Crippen LogP contribution in [0.3, 0.4) is 0 Å². The third kappa shape index (κ3) is 10.2. The molecule has 1 atom stereocenters. The van der Waals surface area contributed by atoms with E-state index in [9.17, 15) is 19.1 Å². The quantitative estimate of drug-likeness (QED) is 0.0724. The maximum absolute atomic E-state index is 15.8. The van der Waals surface area contributed by atoms with Crippen LogP contribution in [0.2, 0.25) is 5.02 Å². The first-order valence-corrected chi connectivity index (χ1v) is 23.8. The maximum Gasteiger partial charge on any atom is 0.293 e. The zero-order valence-corrected chi connectivity index (χ0v) is 38.4. The van der Waals surface area contributed by atoms with Crippen LogP contribution in [0.15, 0.2) is 95.7 Å². The molecule has 66 heavy (non-hydrogen) atoms. The number of likely N-dealkylation sites (tertiary alicyclic amines) is 1. The summed E-state index contributed by atoms with van der Waals surface area (Å²) in [5.74, 6) is -0.456. The second-order valence-electron chi connectivity index (χ2n) is 18.5. The van der Waals surface area contributed by atoms with Crippen LogP contribution in [0.5, 0.6) is 11.5 Å². The van der Waals surface area contributed by atoms with E-state index in [0.29, 0.717) is 73.8 Å². The normalized spacial score (nSPS) is 19.5. The summed E-state index contributed by atoms with van der Waals surface area (Å²) in [7, 11) is -2.22. The first kappa shape index (κ1) is 45.6. The van der Waals surface area contributed by atoms with E-state index < -0.39 is 33.2 Å². The standard InChI is InChI=1S/C49H52ClF2N7O6S/c1-48(2)13-9-34(41(25-48)39-7-4-35(50)23-42(39)51)27-57-17-11-31(12-18-57)32-3-6-40(45(22-32)65-37-21-33-10-16-53-46(33)54-26-37)47(60)56-66(63)38-5-8-43(44(24-38)59(61)62)55-30-49(52)14-19-58(20-15-49)36-28-64-29-36/h3-8,10-11,16,21-24,26,36,55H,9,12-15,17-20,25,27-30H2,1-2H3,(H,53,54)(H,56,60). The van der Waals surface area contributed by atoms with Gasteiger partial charge in [-0.2, -0.15) is 0 Å². The van der Waals surface area contributed by atoms with Crippen molar-refractivity contribution in [3.8, 4) is 11.5 Å². The third-order valence-corrected chi connectivity index (χ3v) is 14.6. The lowest BCUT2D eigenvalue weighted by atomic mass is 9.72. The Balaban J connectivity index is 0.912. The SMILES string of the molecule is CC1(C)CCC(CN2CC=C(c3ccc(C(=O)NS(=O)c4ccc(NCC5(F)CCN(C6COC6)CC5)c([N+](=O)[O-])c4)c(Oc4cnc5[nH]ccc5c4)c3)CC2)=C(c2ccc(Cl)cc2F)C1. The van der Waals surface area contributed by atoms with Crippen LogP contribution in [-0.2, 0) is 15.7 Å². The number of benzene rings is 3. The van der Waals surface area contributed by atoms with Gasteiger partial charge in [-0.15, -0.1) is 0 Å². The number of pyridine rings is 1. The Morgan fingerprint density at radius 1 is 1.06 bits per heavy atom. The van der Waals surface area contributed by atoms with E-state index in [1.807, 2.05) is 12.1 Å². The molecule has 3 aromatic carbocycles. The number of fused-ring (bicyclic) bond motifs is 1. The lowest BCUT2D eigenvalue weighted by Crippen LogP contribution is -2.55. The van der Waals surface area contributed by atoms with E-state index in [1.165, 1.54) is 23.8 Å². The predicted octanol–water partition coefficient (Wildman–Crippen LogP) is 9.88. The topological polar surface area (TPSA) is 155 Å². The number of carbonyl (C=O) groups excluding carboxylic acids is 1. The Labute approximate surface area is 389 Å². The monoisotopic (exact) mass is 939 g/mol. The Kier molecular flexibility index (Phi) is 13.1. The molecule has 2 saturated heterocycles. The highest BCUT2D eigenvalue weighted by molar-refractivity contribution is 7.83. The number of nitrogens with one attached hydrogen (secondary N) is 3. The average molecular weight is 941 g/mol. The molecule has 17 heteroatoms. The third-order valence-electron chi connectivity index (χ3n) is 13.3. The van der Waals surface area contributed by atoms with Gasteiger partial charge in [0.15, 0.2) is 11.0 Å². The van der Waals surface area contributed by atoms with Gasteiger partial charge in [-0.05, 0) is 109 Å². The average Bonchev–Trinajstić information content (AvgIpc) is 3.75. The first-order valence-electron chi connectivity index (χ1n) is 22.3. The van der Waals surface area contributed by atoms with E-state index in [1.54, 1.807) is 42.7 Å². The van der Waals surface area contributed by atoms with Crippen molar-refractivity contribution in [1.82, 2.24) is 24.5 Å². The summed E-state index contributed by atoms with van der Waals surface area (Å²) in [4.78, 5) is 37.6. The number of amides is 1. The number of allylic oxidation sites excluding steroid dienone is 1. The molecular formula is C49H52ClF2N7O6S. The number of aromatic nitrogens is 2. The largest absolute Gasteiger partial charge is 0.455 e. The highest BCUT2D eigenvalue weighted by Gasteiger charge is 2.39. The minimum atomic E-state index is -2.22. The van der Waals surface area contributed by atoms with Crippen LogP contribution >= 0.6 is 11.6 Å². The number of nitro groups is 1. The number of H-pyrrole nitrogens is 1. The molecule has 2 fully saturated rings. The van der Waals surface area contributed by atoms with Gasteiger partial charge in [0.2, 0.25) is 0 Å². The Hall–Kier alpha value is -5.52. The molecule has 0 saturated carbocycles. The van der Waals surface area contributed by atoms with Gasteiger partial charge in [0.1, 0.15) is 34.3 Å². The van der Waals surface area contributed by atoms with Crippen LogP contribution in [-0.4, -0.2) is 99.0 Å². The van der Waals surface area contributed by atoms with Gasteiger partial charge in [-0.1, -0.05) is 49.2 Å². The molecule has 0 radical (unpaired) electrons. The molecule has 1 unspecified atom stereocenters. The number of rotatable bonds is 14. The van der Waals surface area contributed by atoms with Crippen molar-refractivity contribution in [3.05, 3.63) is 128 Å². The van der Waals surface area contributed by atoms with Crippen LogP contribution in [0, 0.1) is 21.3 Å². The lowest BCUT2D eigenvalue weighted by Gasteiger charge is -2.43.